The molecule has 0 rings (SSSR count). The zero-order valence-electron chi connectivity index (χ0n) is 3.51. The Balaban J connectivity index is 3.41. The van der Waals surface area contributed by atoms with Gasteiger partial charge >= 0.3 is 0 Å². The Hall–Kier alpha value is -0.240. The van der Waals surface area contributed by atoms with E-state index in [1.807, 2.05) is 0 Å². The first-order chi connectivity index (χ1) is 2.77. The summed E-state index contributed by atoms with van der Waals surface area (Å²) >= 11 is 3.81. The molecule has 0 unspecified atom stereocenters. The van der Waals surface area contributed by atoms with Crippen molar-refractivity contribution >= 4 is 18.9 Å². The maximum Gasteiger partial charge on any atom is 0.143 e. The number of aldehydes is 1. The quantitative estimate of drug-likeness (QED) is 0.297. The van der Waals surface area contributed by atoms with Crippen LogP contribution in [0.4, 0.5) is 0 Å². The van der Waals surface area contributed by atoms with E-state index in [9.17, 15) is 4.79 Å². The van der Waals surface area contributed by atoms with Crippen LogP contribution in [-0.2, 0) is 4.79 Å². The molecule has 0 spiro atoms. The molecule has 0 radical (unpaired) electrons. The third kappa shape index (κ3) is 3.76. The summed E-state index contributed by atoms with van der Waals surface area (Å²) in [4.78, 5) is 10.2. The van der Waals surface area contributed by atoms with Gasteiger partial charge in [0.2, 0.25) is 0 Å². The van der Waals surface area contributed by atoms with Gasteiger partial charge in [0.1, 0.15) is 6.29 Å². The molecule has 0 aromatic rings. The van der Waals surface area contributed by atoms with Crippen LogP contribution in [0, 0.1) is 0 Å². The minimum absolute atomic E-state index is 0.711. The standard InChI is InChI=1S/C4H6OS/c1-4(6)2-3-5/h2-3,6H,1H3. The molecule has 6 heavy (non-hydrogen) atoms. The molecule has 0 aliphatic carbocycles. The summed E-state index contributed by atoms with van der Waals surface area (Å²) in [5.41, 5.74) is 0. The molecular weight excluding hydrogens is 96.1 g/mol. The SMILES string of the molecule is CC(S)=CC=O. The lowest BCUT2D eigenvalue weighted by Gasteiger charge is -1.72. The summed E-state index contributed by atoms with van der Waals surface area (Å²) in [5, 5.41) is 0. The first kappa shape index (κ1) is 5.76. The predicted molar refractivity (Wildman–Crippen MR) is 28.8 cm³/mol. The summed E-state index contributed by atoms with van der Waals surface area (Å²) in [6.07, 6.45) is 2.10. The van der Waals surface area contributed by atoms with E-state index >= 15 is 0 Å². The van der Waals surface area contributed by atoms with Crippen molar-refractivity contribution in [2.24, 2.45) is 0 Å². The number of hydrogen-bond donors (Lipinski definition) is 1. The van der Waals surface area contributed by atoms with E-state index in [-0.39, 0.29) is 0 Å². The normalized spacial score (nSPS) is 11.3. The van der Waals surface area contributed by atoms with Crippen LogP contribution < -0.4 is 0 Å². The molecule has 0 saturated heterocycles. The summed E-state index contributed by atoms with van der Waals surface area (Å²) in [6.45, 7) is 1.75. The van der Waals surface area contributed by atoms with Crippen LogP contribution in [-0.4, -0.2) is 6.29 Å². The Morgan fingerprint density at radius 3 is 2.33 bits per heavy atom. The van der Waals surface area contributed by atoms with E-state index in [0.717, 1.165) is 4.91 Å². The maximum absolute atomic E-state index is 9.49. The van der Waals surface area contributed by atoms with Crippen molar-refractivity contribution in [3.63, 3.8) is 0 Å². The lowest BCUT2D eigenvalue weighted by Crippen LogP contribution is -1.59. The van der Waals surface area contributed by atoms with E-state index in [0.29, 0.717) is 6.29 Å². The van der Waals surface area contributed by atoms with Crippen LogP contribution in [0.2, 0.25) is 0 Å². The average Bonchev–Trinajstić information content (AvgIpc) is 1.35. The van der Waals surface area contributed by atoms with Gasteiger partial charge in [0.05, 0.1) is 0 Å². The second-order valence-electron chi connectivity index (χ2n) is 0.944. The zero-order chi connectivity index (χ0) is 4.99. The number of hydrogen-bond acceptors (Lipinski definition) is 2. The highest BCUT2D eigenvalue weighted by atomic mass is 32.1. The molecule has 0 atom stereocenters. The molecule has 0 aliphatic heterocycles. The van der Waals surface area contributed by atoms with Gasteiger partial charge < -0.3 is 0 Å². The monoisotopic (exact) mass is 102 g/mol. The molecule has 34 valence electrons. The van der Waals surface area contributed by atoms with Crippen molar-refractivity contribution < 1.29 is 4.79 Å². The molecule has 0 aliphatic rings. The second-order valence-corrected chi connectivity index (χ2v) is 1.65. The minimum atomic E-state index is 0.711. The summed E-state index contributed by atoms with van der Waals surface area (Å²) in [6, 6.07) is 0. The van der Waals surface area contributed by atoms with E-state index in [2.05, 4.69) is 12.6 Å². The molecule has 0 aromatic carbocycles. The molecule has 0 aromatic heterocycles. The van der Waals surface area contributed by atoms with Gasteiger partial charge in [0.15, 0.2) is 0 Å². The highest BCUT2D eigenvalue weighted by Crippen LogP contribution is 1.91. The van der Waals surface area contributed by atoms with Crippen molar-refractivity contribution in [2.45, 2.75) is 6.92 Å². The lowest BCUT2D eigenvalue weighted by atomic mass is 10.6. The molecule has 1 nitrogen and oxygen atoms in total. The van der Waals surface area contributed by atoms with Crippen LogP contribution in [0.1, 0.15) is 6.92 Å². The summed E-state index contributed by atoms with van der Waals surface area (Å²) < 4.78 is 0. The number of rotatable bonds is 1. The third-order valence-electron chi connectivity index (χ3n) is 0.309. The Bertz CT molecular complexity index is 71.6. The molecule has 0 saturated carbocycles. The molecule has 0 N–H and O–H groups in total. The Kier molecular flexibility index (Phi) is 2.85. The second kappa shape index (κ2) is 2.97. The molecule has 0 heterocycles. The first-order valence-corrected chi connectivity index (χ1v) is 2.03. The van der Waals surface area contributed by atoms with Crippen molar-refractivity contribution in [3.8, 4) is 0 Å². The fraction of sp³-hybridized carbons (Fsp3) is 0.250. The lowest BCUT2D eigenvalue weighted by molar-refractivity contribution is -0.104. The van der Waals surface area contributed by atoms with Gasteiger partial charge in [-0.3, -0.25) is 4.79 Å². The molecule has 0 bridgehead atoms. The van der Waals surface area contributed by atoms with Crippen LogP contribution in [0.25, 0.3) is 0 Å². The van der Waals surface area contributed by atoms with E-state index in [1.54, 1.807) is 6.92 Å². The topological polar surface area (TPSA) is 17.1 Å². The number of allylic oxidation sites excluding steroid dienone is 2. The molecular formula is C4H6OS. The predicted octanol–water partition coefficient (Wildman–Crippen LogP) is 1.02. The van der Waals surface area contributed by atoms with Gasteiger partial charge in [0.25, 0.3) is 0 Å². The molecule has 2 heteroatoms. The van der Waals surface area contributed by atoms with Gasteiger partial charge in [-0.2, -0.15) is 0 Å². The third-order valence-corrected chi connectivity index (χ3v) is 0.458. The van der Waals surface area contributed by atoms with Crippen molar-refractivity contribution in [1.82, 2.24) is 0 Å². The average molecular weight is 102 g/mol. The van der Waals surface area contributed by atoms with Crippen LogP contribution >= 0.6 is 12.6 Å². The van der Waals surface area contributed by atoms with Crippen molar-refractivity contribution in [2.75, 3.05) is 0 Å². The smallest absolute Gasteiger partial charge is 0.143 e. The number of thiol groups is 1. The molecule has 0 fully saturated rings. The Labute approximate surface area is 42.5 Å². The highest BCUT2D eigenvalue weighted by Gasteiger charge is 1.67. The van der Waals surface area contributed by atoms with Crippen molar-refractivity contribution in [1.29, 1.82) is 0 Å². The zero-order valence-corrected chi connectivity index (χ0v) is 4.40. The minimum Gasteiger partial charge on any atom is -0.299 e. The Morgan fingerprint density at radius 1 is 1.83 bits per heavy atom. The van der Waals surface area contributed by atoms with Gasteiger partial charge in [-0.1, -0.05) is 0 Å². The summed E-state index contributed by atoms with van der Waals surface area (Å²) in [7, 11) is 0. The first-order valence-electron chi connectivity index (χ1n) is 1.58. The number of carbonyl (C=O) groups is 1. The van der Waals surface area contributed by atoms with E-state index < -0.39 is 0 Å². The highest BCUT2D eigenvalue weighted by molar-refractivity contribution is 7.84. The molecule has 0 amide bonds. The van der Waals surface area contributed by atoms with Gasteiger partial charge in [-0.05, 0) is 17.9 Å². The van der Waals surface area contributed by atoms with Gasteiger partial charge in [0, 0.05) is 0 Å². The van der Waals surface area contributed by atoms with Gasteiger partial charge in [-0.15, -0.1) is 12.6 Å². The van der Waals surface area contributed by atoms with Crippen molar-refractivity contribution in [3.05, 3.63) is 11.0 Å². The van der Waals surface area contributed by atoms with Gasteiger partial charge in [-0.25, -0.2) is 0 Å². The fourth-order valence-corrected chi connectivity index (χ4v) is 0.159. The van der Waals surface area contributed by atoms with Crippen LogP contribution in [0.3, 0.4) is 0 Å². The fourth-order valence-electron chi connectivity index (χ4n) is 0.0985. The maximum atomic E-state index is 9.49. The largest absolute Gasteiger partial charge is 0.299 e. The van der Waals surface area contributed by atoms with E-state index in [4.69, 9.17) is 0 Å². The Morgan fingerprint density at radius 2 is 2.33 bits per heavy atom. The van der Waals surface area contributed by atoms with Crippen LogP contribution in [0.5, 0.6) is 0 Å². The van der Waals surface area contributed by atoms with Crippen LogP contribution in [0.15, 0.2) is 11.0 Å². The number of carbonyl (C=O) groups excluding carboxylic acids is 1. The van der Waals surface area contributed by atoms with E-state index in [1.165, 1.54) is 6.08 Å². The summed E-state index contributed by atoms with van der Waals surface area (Å²) in [5.74, 6) is 0.